The van der Waals surface area contributed by atoms with Gasteiger partial charge in [-0.25, -0.2) is 9.78 Å². The number of sulfonamides is 1. The number of aromatic nitrogens is 2. The third-order valence-electron chi connectivity index (χ3n) is 2.60. The van der Waals surface area contributed by atoms with Crippen LogP contribution in [0.4, 0.5) is 5.69 Å². The topological polar surface area (TPSA) is 101 Å². The molecule has 112 valence electrons. The lowest BCUT2D eigenvalue weighted by Crippen LogP contribution is -2.14. The fourth-order valence-electron chi connectivity index (χ4n) is 1.58. The Morgan fingerprint density at radius 1 is 1.43 bits per heavy atom. The second-order valence-electron chi connectivity index (χ2n) is 4.12. The molecule has 0 saturated carbocycles. The molecule has 7 nitrogen and oxygen atoms in total. The Morgan fingerprint density at radius 2 is 2.14 bits per heavy atom. The van der Waals surface area contributed by atoms with Crippen LogP contribution in [0.15, 0.2) is 29.4 Å². The van der Waals surface area contributed by atoms with Crippen LogP contribution in [0.1, 0.15) is 16.2 Å². The number of ether oxygens (including phenoxy) is 1. The summed E-state index contributed by atoms with van der Waals surface area (Å²) < 4.78 is 31.2. The molecule has 1 aromatic carbocycles. The molecule has 0 radical (unpaired) electrons. The third-order valence-corrected chi connectivity index (χ3v) is 4.21. The quantitative estimate of drug-likeness (QED) is 0.835. The highest BCUT2D eigenvalue weighted by Gasteiger charge is 2.19. The zero-order valence-electron chi connectivity index (χ0n) is 11.2. The van der Waals surface area contributed by atoms with E-state index in [-0.39, 0.29) is 21.3 Å². The number of carbonyl (C=O) groups is 1. The Bertz CT molecular complexity index is 786. The molecule has 0 fully saturated rings. The van der Waals surface area contributed by atoms with Crippen LogP contribution in [-0.2, 0) is 14.8 Å². The molecule has 0 bridgehead atoms. The van der Waals surface area contributed by atoms with Crippen LogP contribution in [-0.4, -0.2) is 31.5 Å². The second-order valence-corrected chi connectivity index (χ2v) is 6.18. The van der Waals surface area contributed by atoms with E-state index in [2.05, 4.69) is 19.4 Å². The minimum atomic E-state index is -3.87. The maximum atomic E-state index is 12.2. The summed E-state index contributed by atoms with van der Waals surface area (Å²) in [7, 11) is -2.64. The van der Waals surface area contributed by atoms with Gasteiger partial charge >= 0.3 is 5.97 Å². The van der Waals surface area contributed by atoms with E-state index < -0.39 is 16.0 Å². The number of rotatable bonds is 4. The molecule has 0 unspecified atom stereocenters. The number of hydrogen-bond acceptors (Lipinski definition) is 5. The maximum Gasteiger partial charge on any atom is 0.337 e. The van der Waals surface area contributed by atoms with Gasteiger partial charge in [-0.3, -0.25) is 4.72 Å². The first-order valence-electron chi connectivity index (χ1n) is 5.76. The summed E-state index contributed by atoms with van der Waals surface area (Å²) in [5.41, 5.74) is 0.257. The summed E-state index contributed by atoms with van der Waals surface area (Å²) in [5, 5.41) is 0.0574. The molecular weight excluding hydrogens is 318 g/mol. The molecule has 21 heavy (non-hydrogen) atoms. The summed E-state index contributed by atoms with van der Waals surface area (Å²) in [6.45, 7) is 1.63. The van der Waals surface area contributed by atoms with Gasteiger partial charge in [0, 0.05) is 0 Å². The van der Waals surface area contributed by atoms with Gasteiger partial charge in [0.2, 0.25) is 0 Å². The number of anilines is 1. The summed E-state index contributed by atoms with van der Waals surface area (Å²) in [6.07, 6.45) is 1.19. The highest BCUT2D eigenvalue weighted by atomic mass is 35.5. The Balaban J connectivity index is 2.37. The van der Waals surface area contributed by atoms with E-state index in [0.717, 1.165) is 0 Å². The number of aryl methyl sites for hydroxylation is 1. The number of halogens is 1. The smallest absolute Gasteiger partial charge is 0.337 e. The average Bonchev–Trinajstić information content (AvgIpc) is 2.87. The Morgan fingerprint density at radius 3 is 2.71 bits per heavy atom. The van der Waals surface area contributed by atoms with Crippen LogP contribution in [0.3, 0.4) is 0 Å². The number of aromatic amines is 1. The highest BCUT2D eigenvalue weighted by molar-refractivity contribution is 7.92. The van der Waals surface area contributed by atoms with Gasteiger partial charge in [-0.05, 0) is 25.1 Å². The molecule has 0 saturated heterocycles. The highest BCUT2D eigenvalue weighted by Crippen LogP contribution is 2.25. The van der Waals surface area contributed by atoms with Gasteiger partial charge in [-0.15, -0.1) is 0 Å². The third kappa shape index (κ3) is 3.34. The van der Waals surface area contributed by atoms with Crippen LogP contribution in [0, 0.1) is 6.92 Å². The minimum absolute atomic E-state index is 0.0758. The SMILES string of the molecule is COC(=O)c1ccc(Cl)c(NS(=O)(=O)c2cnc(C)[nH]2)c1. The lowest BCUT2D eigenvalue weighted by molar-refractivity contribution is 0.0601. The first-order chi connectivity index (χ1) is 9.83. The van der Waals surface area contributed by atoms with E-state index in [9.17, 15) is 13.2 Å². The molecule has 1 heterocycles. The molecule has 0 aliphatic carbocycles. The van der Waals surface area contributed by atoms with E-state index in [1.165, 1.54) is 31.5 Å². The van der Waals surface area contributed by atoms with Crippen LogP contribution in [0.25, 0.3) is 0 Å². The molecule has 1 aromatic heterocycles. The number of H-pyrrole nitrogens is 1. The minimum Gasteiger partial charge on any atom is -0.465 e. The number of esters is 1. The van der Waals surface area contributed by atoms with Gasteiger partial charge in [0.05, 0.1) is 29.6 Å². The van der Waals surface area contributed by atoms with Crippen LogP contribution < -0.4 is 4.72 Å². The van der Waals surface area contributed by atoms with Crippen molar-refractivity contribution in [2.75, 3.05) is 11.8 Å². The lowest BCUT2D eigenvalue weighted by Gasteiger charge is -2.09. The molecule has 0 amide bonds. The van der Waals surface area contributed by atoms with Crippen molar-refractivity contribution in [3.05, 3.63) is 40.8 Å². The zero-order valence-corrected chi connectivity index (χ0v) is 12.7. The fourth-order valence-corrected chi connectivity index (χ4v) is 2.85. The van der Waals surface area contributed by atoms with Crippen molar-refractivity contribution in [3.8, 4) is 0 Å². The van der Waals surface area contributed by atoms with Crippen molar-refractivity contribution in [2.24, 2.45) is 0 Å². The predicted molar refractivity (Wildman–Crippen MR) is 76.9 cm³/mol. The summed E-state index contributed by atoms with van der Waals surface area (Å²) in [4.78, 5) is 17.9. The van der Waals surface area contributed by atoms with Crippen molar-refractivity contribution in [1.82, 2.24) is 9.97 Å². The van der Waals surface area contributed by atoms with Gasteiger partial charge in [0.15, 0.2) is 5.03 Å². The number of methoxy groups -OCH3 is 1. The standard InChI is InChI=1S/C12H12ClN3O4S/c1-7-14-6-11(15-7)21(18,19)16-10-5-8(12(17)20-2)3-4-9(10)13/h3-6,16H,1-2H3,(H,14,15). The number of nitrogens with zero attached hydrogens (tertiary/aromatic N) is 1. The van der Waals surface area contributed by atoms with Crippen molar-refractivity contribution >= 4 is 33.3 Å². The molecule has 2 rings (SSSR count). The molecule has 2 N–H and O–H groups in total. The number of hydrogen-bond donors (Lipinski definition) is 2. The number of imidazole rings is 1. The Kier molecular flexibility index (Phi) is 4.19. The molecule has 0 aliphatic rings. The van der Waals surface area contributed by atoms with Crippen LogP contribution >= 0.6 is 11.6 Å². The van der Waals surface area contributed by atoms with Crippen molar-refractivity contribution < 1.29 is 17.9 Å². The molecule has 0 spiro atoms. The summed E-state index contributed by atoms with van der Waals surface area (Å²) in [6, 6.07) is 4.14. The van der Waals surface area contributed by atoms with Gasteiger partial charge < -0.3 is 9.72 Å². The summed E-state index contributed by atoms with van der Waals surface area (Å²) in [5.74, 6) is -0.130. The molecule has 0 atom stereocenters. The largest absolute Gasteiger partial charge is 0.465 e. The van der Waals surface area contributed by atoms with Crippen molar-refractivity contribution in [3.63, 3.8) is 0 Å². The predicted octanol–water partition coefficient (Wildman–Crippen LogP) is 1.96. The number of nitrogens with one attached hydrogen (secondary N) is 2. The van der Waals surface area contributed by atoms with Gasteiger partial charge in [-0.2, -0.15) is 8.42 Å². The molecule has 9 heteroatoms. The van der Waals surface area contributed by atoms with E-state index in [0.29, 0.717) is 5.82 Å². The van der Waals surface area contributed by atoms with E-state index in [1.54, 1.807) is 6.92 Å². The number of benzene rings is 1. The monoisotopic (exact) mass is 329 g/mol. The first kappa shape index (κ1) is 15.3. The van der Waals surface area contributed by atoms with Crippen LogP contribution in [0.2, 0.25) is 5.02 Å². The zero-order chi connectivity index (χ0) is 15.6. The van der Waals surface area contributed by atoms with Gasteiger partial charge in [-0.1, -0.05) is 11.6 Å². The second kappa shape index (κ2) is 5.74. The van der Waals surface area contributed by atoms with E-state index in [1.807, 2.05) is 0 Å². The fraction of sp³-hybridized carbons (Fsp3) is 0.167. The average molecular weight is 330 g/mol. The maximum absolute atomic E-state index is 12.2. The molecular formula is C12H12ClN3O4S. The molecule has 2 aromatic rings. The van der Waals surface area contributed by atoms with Gasteiger partial charge in [0.25, 0.3) is 10.0 Å². The first-order valence-corrected chi connectivity index (χ1v) is 7.62. The Labute approximate surface area is 126 Å². The van der Waals surface area contributed by atoms with Crippen molar-refractivity contribution in [2.45, 2.75) is 11.9 Å². The normalized spacial score (nSPS) is 11.2. The van der Waals surface area contributed by atoms with E-state index >= 15 is 0 Å². The Hall–Kier alpha value is -2.06. The van der Waals surface area contributed by atoms with Crippen LogP contribution in [0.5, 0.6) is 0 Å². The lowest BCUT2D eigenvalue weighted by atomic mass is 10.2. The summed E-state index contributed by atoms with van der Waals surface area (Å²) >= 11 is 5.94. The van der Waals surface area contributed by atoms with Crippen molar-refractivity contribution in [1.29, 1.82) is 0 Å². The van der Waals surface area contributed by atoms with Gasteiger partial charge in [0.1, 0.15) is 5.82 Å². The number of carbonyl (C=O) groups excluding carboxylic acids is 1. The molecule has 0 aliphatic heterocycles. The van der Waals surface area contributed by atoms with E-state index in [4.69, 9.17) is 11.6 Å².